The molecule has 2 atom stereocenters. The standard InChI is InChI=1S/C22H26FN3O3S.C3H7NO2.2H2/c1-16(26-10-2-3-17-15-18(23)4-9-21(17)26)22(27)25-13-11-24(12-14-25)19-5-7-20(8-6-19)30(28)29;1-2-6-3(4)5;;/h4-9,15-16H,2-3,10-14H2,1H3,(H,28,29);2H2,1H3,(H2,4,5);2*1H/p-1/t16-;;;/m1.../s1. The number of primary amides is 1. The summed E-state index contributed by atoms with van der Waals surface area (Å²) in [6, 6.07) is 11.3. The van der Waals surface area contributed by atoms with Gasteiger partial charge >= 0.3 is 6.09 Å². The van der Waals surface area contributed by atoms with E-state index in [1.165, 1.54) is 6.07 Å². The molecule has 0 bridgehead atoms. The zero-order valence-corrected chi connectivity index (χ0v) is 21.3. The van der Waals surface area contributed by atoms with Crippen LogP contribution in [0.4, 0.5) is 20.6 Å². The van der Waals surface area contributed by atoms with E-state index < -0.39 is 17.2 Å². The summed E-state index contributed by atoms with van der Waals surface area (Å²) in [6.07, 6.45) is 1.03. The number of anilines is 2. The number of halogens is 1. The fourth-order valence-corrected chi connectivity index (χ4v) is 4.85. The van der Waals surface area contributed by atoms with Gasteiger partial charge < -0.3 is 29.7 Å². The molecule has 200 valence electrons. The van der Waals surface area contributed by atoms with Gasteiger partial charge in [-0.05, 0) is 85.8 Å². The number of carbonyl (C=O) groups is 2. The highest BCUT2D eigenvalue weighted by molar-refractivity contribution is 7.79. The number of aryl methyl sites for hydroxylation is 1. The van der Waals surface area contributed by atoms with Crippen LogP contribution in [0, 0.1) is 5.82 Å². The molecule has 0 spiro atoms. The number of ether oxygens (including phenoxy) is 1. The van der Waals surface area contributed by atoms with Crippen LogP contribution in [-0.2, 0) is 27.0 Å². The Balaban J connectivity index is 0.000000813. The maximum absolute atomic E-state index is 13.6. The lowest BCUT2D eigenvalue weighted by Crippen LogP contribution is -2.55. The van der Waals surface area contributed by atoms with Crippen LogP contribution < -0.4 is 15.5 Å². The second kappa shape index (κ2) is 12.7. The average molecular weight is 524 g/mol. The molecule has 0 aromatic heterocycles. The highest BCUT2D eigenvalue weighted by atomic mass is 32.2. The number of rotatable bonds is 5. The van der Waals surface area contributed by atoms with Crippen molar-refractivity contribution in [3.05, 3.63) is 53.8 Å². The van der Waals surface area contributed by atoms with E-state index in [0.29, 0.717) is 32.8 Å². The topological polar surface area (TPSA) is 119 Å². The summed E-state index contributed by atoms with van der Waals surface area (Å²) in [7, 11) is 0. The van der Waals surface area contributed by atoms with E-state index in [1.807, 2.05) is 11.8 Å². The predicted molar refractivity (Wildman–Crippen MR) is 139 cm³/mol. The van der Waals surface area contributed by atoms with Gasteiger partial charge in [-0.1, -0.05) is 0 Å². The van der Waals surface area contributed by atoms with Crippen LogP contribution in [0.15, 0.2) is 47.4 Å². The first-order valence-electron chi connectivity index (χ1n) is 11.9. The molecule has 2 N–H and O–H groups in total. The third kappa shape index (κ3) is 6.94. The summed E-state index contributed by atoms with van der Waals surface area (Å²) >= 11 is -2.23. The first-order valence-corrected chi connectivity index (χ1v) is 13.0. The van der Waals surface area contributed by atoms with Crippen LogP contribution in [0.25, 0.3) is 0 Å². The minimum Gasteiger partial charge on any atom is -0.768 e. The Morgan fingerprint density at radius 2 is 1.81 bits per heavy atom. The molecule has 2 aliphatic heterocycles. The van der Waals surface area contributed by atoms with Crippen LogP contribution in [0.1, 0.15) is 28.7 Å². The Hall–Kier alpha value is -3.18. The van der Waals surface area contributed by atoms with Crippen LogP contribution in [0.2, 0.25) is 0 Å². The maximum atomic E-state index is 13.6. The normalized spacial score (nSPS) is 16.8. The minimum atomic E-state index is -2.23. The van der Waals surface area contributed by atoms with Gasteiger partial charge in [-0.25, -0.2) is 9.18 Å². The van der Waals surface area contributed by atoms with Crippen molar-refractivity contribution >= 4 is 34.5 Å². The maximum Gasteiger partial charge on any atom is 0.404 e. The Morgan fingerprint density at radius 1 is 1.14 bits per heavy atom. The van der Waals surface area contributed by atoms with E-state index in [4.69, 9.17) is 0 Å². The zero-order chi connectivity index (χ0) is 26.2. The smallest absolute Gasteiger partial charge is 0.404 e. The molecular formula is C25H36FN4O5S-. The second-order valence-electron chi connectivity index (χ2n) is 8.54. The molecule has 1 saturated heterocycles. The number of piperazine rings is 1. The number of amides is 2. The molecule has 11 heteroatoms. The molecule has 2 aliphatic rings. The molecular weight excluding hydrogens is 487 g/mol. The Labute approximate surface area is 216 Å². The highest BCUT2D eigenvalue weighted by Gasteiger charge is 2.31. The number of nitrogens with two attached hydrogens (primary N) is 1. The average Bonchev–Trinajstić information content (AvgIpc) is 2.87. The number of benzene rings is 2. The Kier molecular flexibility index (Phi) is 9.65. The number of carbonyl (C=O) groups excluding carboxylic acids is 2. The van der Waals surface area contributed by atoms with Crippen molar-refractivity contribution in [2.75, 3.05) is 49.1 Å². The molecule has 9 nitrogen and oxygen atoms in total. The van der Waals surface area contributed by atoms with Crippen molar-refractivity contribution in [3.63, 3.8) is 0 Å². The van der Waals surface area contributed by atoms with E-state index in [9.17, 15) is 22.7 Å². The van der Waals surface area contributed by atoms with Crippen LogP contribution >= 0.6 is 0 Å². The number of hydrogen-bond acceptors (Lipinski definition) is 7. The molecule has 2 heterocycles. The quantitative estimate of drug-likeness (QED) is 0.598. The van der Waals surface area contributed by atoms with E-state index in [0.717, 1.165) is 36.3 Å². The summed E-state index contributed by atoms with van der Waals surface area (Å²) in [6.45, 7) is 7.39. The van der Waals surface area contributed by atoms with E-state index in [-0.39, 0.29) is 25.5 Å². The summed E-state index contributed by atoms with van der Waals surface area (Å²) in [5, 5.41) is 0. The molecule has 4 rings (SSSR count). The van der Waals surface area contributed by atoms with Gasteiger partial charge in [0.25, 0.3) is 0 Å². The van der Waals surface area contributed by atoms with Crippen molar-refractivity contribution in [2.24, 2.45) is 5.73 Å². The van der Waals surface area contributed by atoms with E-state index >= 15 is 0 Å². The molecule has 0 saturated carbocycles. The fraction of sp³-hybridized carbons (Fsp3) is 0.440. The lowest BCUT2D eigenvalue weighted by atomic mass is 9.99. The van der Waals surface area contributed by atoms with Gasteiger partial charge in [-0.15, -0.1) is 0 Å². The number of fused-ring (bicyclic) bond motifs is 1. The van der Waals surface area contributed by atoms with Gasteiger partial charge in [0.2, 0.25) is 5.91 Å². The largest absolute Gasteiger partial charge is 0.768 e. The first-order chi connectivity index (χ1) is 17.2. The van der Waals surface area contributed by atoms with Crippen molar-refractivity contribution in [3.8, 4) is 0 Å². The molecule has 0 aliphatic carbocycles. The lowest BCUT2D eigenvalue weighted by molar-refractivity contribution is -0.132. The summed E-state index contributed by atoms with van der Waals surface area (Å²) in [5.41, 5.74) is 7.42. The van der Waals surface area contributed by atoms with Crippen LogP contribution in [-0.4, -0.2) is 71.0 Å². The van der Waals surface area contributed by atoms with Crippen LogP contribution in [0.5, 0.6) is 0 Å². The zero-order valence-electron chi connectivity index (χ0n) is 20.5. The van der Waals surface area contributed by atoms with E-state index in [2.05, 4.69) is 20.3 Å². The number of hydrogen-bond donors (Lipinski definition) is 1. The molecule has 36 heavy (non-hydrogen) atoms. The summed E-state index contributed by atoms with van der Waals surface area (Å²) in [4.78, 5) is 29.2. The van der Waals surface area contributed by atoms with E-state index in [1.54, 1.807) is 43.3 Å². The van der Waals surface area contributed by atoms with Gasteiger partial charge in [0.1, 0.15) is 11.9 Å². The van der Waals surface area contributed by atoms with Gasteiger partial charge in [0, 0.05) is 51.8 Å². The van der Waals surface area contributed by atoms with Crippen LogP contribution in [0.3, 0.4) is 0 Å². The monoisotopic (exact) mass is 523 g/mol. The molecule has 2 aromatic carbocycles. The molecule has 1 unspecified atom stereocenters. The molecule has 1 fully saturated rings. The molecule has 2 amide bonds. The third-order valence-electron chi connectivity index (χ3n) is 6.29. The SMILES string of the molecule is CCOC(N)=O.C[C@H](C(=O)N1CCN(c2ccc(S(=O)[O-])cc2)CC1)N1CCCc2cc(F)ccc21.[HH].[HH]. The molecule has 0 radical (unpaired) electrons. The first kappa shape index (κ1) is 27.4. The Bertz CT molecular complexity index is 1090. The molecule has 2 aromatic rings. The minimum absolute atomic E-state index is 0. The van der Waals surface area contributed by atoms with Gasteiger partial charge in [-0.3, -0.25) is 9.00 Å². The van der Waals surface area contributed by atoms with Gasteiger partial charge in [0.15, 0.2) is 0 Å². The fourth-order valence-electron chi connectivity index (χ4n) is 4.49. The van der Waals surface area contributed by atoms with Gasteiger partial charge in [-0.2, -0.15) is 0 Å². The highest BCUT2D eigenvalue weighted by Crippen LogP contribution is 2.30. The van der Waals surface area contributed by atoms with Crippen molar-refractivity contribution < 1.29 is 30.3 Å². The van der Waals surface area contributed by atoms with Gasteiger partial charge in [0.05, 0.1) is 6.61 Å². The third-order valence-corrected chi connectivity index (χ3v) is 6.95. The van der Waals surface area contributed by atoms with Crippen molar-refractivity contribution in [1.82, 2.24) is 4.90 Å². The Morgan fingerprint density at radius 3 is 2.36 bits per heavy atom. The summed E-state index contributed by atoms with van der Waals surface area (Å²) in [5.74, 6) is -0.149. The van der Waals surface area contributed by atoms with Crippen molar-refractivity contribution in [1.29, 1.82) is 0 Å². The predicted octanol–water partition coefficient (Wildman–Crippen LogP) is 3.15. The van der Waals surface area contributed by atoms with Crippen molar-refractivity contribution in [2.45, 2.75) is 37.6 Å². The number of nitrogens with zero attached hydrogens (tertiary/aromatic N) is 3. The second-order valence-corrected chi connectivity index (χ2v) is 9.48. The summed E-state index contributed by atoms with van der Waals surface area (Å²) < 4.78 is 39.8. The lowest BCUT2D eigenvalue weighted by Gasteiger charge is -2.41.